The Morgan fingerprint density at radius 1 is 0.979 bits per heavy atom. The SMILES string of the molecule is CCC[N+]1=C(C=CC=CC=C2N(CCCCC(=O)N[C@@H]3CO[C@H](CO)[C@@H](O)[C@@H]3O)c3ccccc3C2(C)C)C(C)(C)c2ccccc21. The Labute approximate surface area is 279 Å². The minimum absolute atomic E-state index is 0.0491. The van der Waals surface area contributed by atoms with Crippen LogP contribution in [-0.2, 0) is 20.4 Å². The Kier molecular flexibility index (Phi) is 10.9. The van der Waals surface area contributed by atoms with Crippen molar-refractivity contribution in [1.29, 1.82) is 0 Å². The molecule has 3 aliphatic rings. The molecule has 3 aliphatic heterocycles. The van der Waals surface area contributed by atoms with E-state index in [1.54, 1.807) is 0 Å². The van der Waals surface area contributed by atoms with Gasteiger partial charge in [-0.2, -0.15) is 4.58 Å². The maximum atomic E-state index is 12.7. The van der Waals surface area contributed by atoms with Gasteiger partial charge in [0, 0.05) is 53.9 Å². The average molecular weight is 643 g/mol. The van der Waals surface area contributed by atoms with Gasteiger partial charge in [0.1, 0.15) is 24.9 Å². The lowest BCUT2D eigenvalue weighted by atomic mass is 9.81. The summed E-state index contributed by atoms with van der Waals surface area (Å²) in [5.41, 5.74) is 7.45. The number of unbranched alkanes of at least 4 members (excludes halogenated alkanes) is 1. The van der Waals surface area contributed by atoms with Gasteiger partial charge in [0.15, 0.2) is 5.71 Å². The number of carbonyl (C=O) groups is 1. The Morgan fingerprint density at radius 3 is 2.45 bits per heavy atom. The van der Waals surface area contributed by atoms with Gasteiger partial charge < -0.3 is 30.3 Å². The Balaban J connectivity index is 1.24. The van der Waals surface area contributed by atoms with Crippen molar-refractivity contribution in [1.82, 2.24) is 5.32 Å². The van der Waals surface area contributed by atoms with Crippen molar-refractivity contribution >= 4 is 23.0 Å². The normalized spacial score (nSPS) is 25.6. The van der Waals surface area contributed by atoms with E-state index in [4.69, 9.17) is 4.74 Å². The van der Waals surface area contributed by atoms with Crippen molar-refractivity contribution in [2.45, 2.75) is 95.5 Å². The topological polar surface area (TPSA) is 105 Å². The predicted octanol–water partition coefficient (Wildman–Crippen LogP) is 5.03. The predicted molar refractivity (Wildman–Crippen MR) is 187 cm³/mol. The highest BCUT2D eigenvalue weighted by atomic mass is 16.5. The van der Waals surface area contributed by atoms with E-state index in [9.17, 15) is 20.1 Å². The lowest BCUT2D eigenvalue weighted by molar-refractivity contribution is -0.437. The zero-order valence-electron chi connectivity index (χ0n) is 28.5. The van der Waals surface area contributed by atoms with Crippen LogP contribution in [0, 0.1) is 0 Å². The molecule has 2 aromatic carbocycles. The number of fused-ring (bicyclic) bond motifs is 2. The zero-order valence-corrected chi connectivity index (χ0v) is 28.5. The molecule has 1 amide bonds. The molecule has 0 radical (unpaired) electrons. The van der Waals surface area contributed by atoms with Gasteiger partial charge in [0.25, 0.3) is 0 Å². The number of rotatable bonds is 12. The second-order valence-corrected chi connectivity index (χ2v) is 13.9. The quantitative estimate of drug-likeness (QED) is 0.147. The van der Waals surface area contributed by atoms with Gasteiger partial charge in [-0.25, -0.2) is 0 Å². The van der Waals surface area contributed by atoms with Crippen LogP contribution in [-0.4, -0.2) is 82.2 Å². The summed E-state index contributed by atoms with van der Waals surface area (Å²) in [4.78, 5) is 15.1. The van der Waals surface area contributed by atoms with Crippen LogP contribution in [0.2, 0.25) is 0 Å². The number of nitrogens with zero attached hydrogens (tertiary/aromatic N) is 2. The molecule has 8 heteroatoms. The molecule has 0 aliphatic carbocycles. The molecule has 0 aromatic heterocycles. The Bertz CT molecular complexity index is 1560. The number of para-hydroxylation sites is 2. The first-order chi connectivity index (χ1) is 22.5. The van der Waals surface area contributed by atoms with Crippen LogP contribution in [0.25, 0.3) is 0 Å². The van der Waals surface area contributed by atoms with Crippen LogP contribution in [0.1, 0.15) is 71.4 Å². The number of hydrogen-bond acceptors (Lipinski definition) is 6. The van der Waals surface area contributed by atoms with Crippen LogP contribution < -0.4 is 10.2 Å². The van der Waals surface area contributed by atoms with Crippen LogP contribution in [0.15, 0.2) is 84.6 Å². The molecule has 0 unspecified atom stereocenters. The Hall–Kier alpha value is -3.56. The monoisotopic (exact) mass is 642 g/mol. The van der Waals surface area contributed by atoms with E-state index in [0.717, 1.165) is 25.9 Å². The standard InChI is InChI=1S/C39H51N3O5/c1-6-23-41-30-18-12-10-16-27(30)38(2,3)33(41)20-8-7-9-21-34-39(4,5)28-17-11-13-19-31(28)42(34)24-15-14-22-35(44)40-29-26-47-32(25-43)37(46)36(29)45/h7-13,16-21,29,32,36-37,43,45-46H,6,14-15,22-26H2,1-5H3/p+1/t29-,32-,36-,37-/m1/s1. The molecule has 1 fully saturated rings. The number of hydrogen-bond donors (Lipinski definition) is 4. The summed E-state index contributed by atoms with van der Waals surface area (Å²) in [6.07, 6.45) is 10.5. The van der Waals surface area contributed by atoms with Crippen molar-refractivity contribution < 1.29 is 29.4 Å². The number of allylic oxidation sites excluding steroid dienone is 6. The van der Waals surface area contributed by atoms with Crippen molar-refractivity contribution in [3.8, 4) is 0 Å². The van der Waals surface area contributed by atoms with E-state index >= 15 is 0 Å². The Morgan fingerprint density at radius 2 is 1.70 bits per heavy atom. The summed E-state index contributed by atoms with van der Waals surface area (Å²) >= 11 is 0. The maximum absolute atomic E-state index is 12.7. The van der Waals surface area contributed by atoms with E-state index in [1.165, 1.54) is 33.9 Å². The first kappa shape index (κ1) is 34.8. The van der Waals surface area contributed by atoms with Gasteiger partial charge in [-0.15, -0.1) is 0 Å². The molecule has 47 heavy (non-hydrogen) atoms. The summed E-state index contributed by atoms with van der Waals surface area (Å²) in [5, 5.41) is 32.5. The third-order valence-electron chi connectivity index (χ3n) is 9.97. The second-order valence-electron chi connectivity index (χ2n) is 13.9. The van der Waals surface area contributed by atoms with Gasteiger partial charge >= 0.3 is 0 Å². The van der Waals surface area contributed by atoms with Crippen molar-refractivity contribution in [3.63, 3.8) is 0 Å². The molecule has 2 aromatic rings. The third kappa shape index (κ3) is 7.02. The fourth-order valence-corrected chi connectivity index (χ4v) is 7.35. The molecule has 3 heterocycles. The summed E-state index contributed by atoms with van der Waals surface area (Å²) in [7, 11) is 0. The average Bonchev–Trinajstić information content (AvgIpc) is 3.40. The minimum Gasteiger partial charge on any atom is -0.394 e. The molecule has 5 rings (SSSR count). The molecule has 4 N–H and O–H groups in total. The summed E-state index contributed by atoms with van der Waals surface area (Å²) < 4.78 is 7.85. The molecule has 252 valence electrons. The van der Waals surface area contributed by atoms with E-state index in [1.807, 2.05) is 0 Å². The molecular weight excluding hydrogens is 590 g/mol. The number of carbonyl (C=O) groups excluding carboxylic acids is 1. The summed E-state index contributed by atoms with van der Waals surface area (Å²) in [5.74, 6) is -0.191. The molecule has 8 nitrogen and oxygen atoms in total. The lowest BCUT2D eigenvalue weighted by Gasteiger charge is -2.37. The van der Waals surface area contributed by atoms with E-state index < -0.39 is 24.4 Å². The number of nitrogens with one attached hydrogen (secondary N) is 1. The maximum Gasteiger partial charge on any atom is 0.220 e. The highest BCUT2D eigenvalue weighted by molar-refractivity contribution is 6.03. The van der Waals surface area contributed by atoms with Crippen LogP contribution in [0.5, 0.6) is 0 Å². The third-order valence-corrected chi connectivity index (χ3v) is 9.97. The molecule has 0 bridgehead atoms. The fraction of sp³-hybridized carbons (Fsp3) is 0.487. The van der Waals surface area contributed by atoms with Crippen LogP contribution in [0.3, 0.4) is 0 Å². The fourth-order valence-electron chi connectivity index (χ4n) is 7.35. The highest BCUT2D eigenvalue weighted by Crippen LogP contribution is 2.47. The van der Waals surface area contributed by atoms with Crippen molar-refractivity contribution in [2.24, 2.45) is 0 Å². The van der Waals surface area contributed by atoms with E-state index in [0.29, 0.717) is 12.8 Å². The lowest BCUT2D eigenvalue weighted by Crippen LogP contribution is -2.59. The van der Waals surface area contributed by atoms with Gasteiger partial charge in [0.2, 0.25) is 11.6 Å². The molecular formula is C39H52N3O5+. The number of benzene rings is 2. The van der Waals surface area contributed by atoms with Gasteiger partial charge in [-0.3, -0.25) is 4.79 Å². The zero-order chi connectivity index (χ0) is 33.8. The first-order valence-corrected chi connectivity index (χ1v) is 17.1. The van der Waals surface area contributed by atoms with E-state index in [2.05, 4.69) is 128 Å². The van der Waals surface area contributed by atoms with Crippen LogP contribution >= 0.6 is 0 Å². The summed E-state index contributed by atoms with van der Waals surface area (Å²) in [6, 6.07) is 16.6. The van der Waals surface area contributed by atoms with Gasteiger partial charge in [-0.1, -0.05) is 75.4 Å². The van der Waals surface area contributed by atoms with Crippen molar-refractivity contribution in [3.05, 3.63) is 95.7 Å². The molecule has 1 saturated heterocycles. The number of ether oxygens (including phenoxy) is 1. The summed E-state index contributed by atoms with van der Waals surface area (Å²) in [6.45, 7) is 12.8. The highest BCUT2D eigenvalue weighted by Gasteiger charge is 2.44. The number of amides is 1. The second kappa shape index (κ2) is 14.7. The largest absolute Gasteiger partial charge is 0.394 e. The smallest absolute Gasteiger partial charge is 0.220 e. The van der Waals surface area contributed by atoms with Crippen molar-refractivity contribution in [2.75, 3.05) is 31.2 Å². The minimum atomic E-state index is -1.24. The number of aliphatic hydroxyl groups excluding tert-OH is 3. The number of aliphatic hydroxyl groups is 3. The molecule has 4 atom stereocenters. The van der Waals surface area contributed by atoms with E-state index in [-0.39, 0.29) is 30.0 Å². The van der Waals surface area contributed by atoms with Gasteiger partial charge in [0.05, 0.1) is 24.7 Å². The number of anilines is 1. The molecule has 0 spiro atoms. The van der Waals surface area contributed by atoms with Crippen LogP contribution in [0.4, 0.5) is 11.4 Å². The van der Waals surface area contributed by atoms with Gasteiger partial charge in [-0.05, 0) is 44.4 Å². The first-order valence-electron chi connectivity index (χ1n) is 17.1. The molecule has 0 saturated carbocycles.